The Morgan fingerprint density at radius 1 is 1.17 bits per heavy atom. The van der Waals surface area contributed by atoms with Gasteiger partial charge in [0.15, 0.2) is 4.80 Å². The number of thiazole rings is 1. The predicted octanol–water partition coefficient (Wildman–Crippen LogP) is 4.78. The molecule has 0 saturated heterocycles. The molecule has 0 amide bonds. The highest BCUT2D eigenvalue weighted by molar-refractivity contribution is 7.07. The lowest BCUT2D eigenvalue weighted by atomic mass is 10.2. The smallest absolute Gasteiger partial charge is 0.190 e. The molecule has 3 aromatic rings. The van der Waals surface area contributed by atoms with Gasteiger partial charge in [-0.3, -0.25) is 0 Å². The van der Waals surface area contributed by atoms with E-state index in [1.807, 2.05) is 35.7 Å². The van der Waals surface area contributed by atoms with Crippen molar-refractivity contribution in [2.24, 2.45) is 4.99 Å². The van der Waals surface area contributed by atoms with E-state index in [4.69, 9.17) is 9.73 Å². The molecule has 0 aliphatic rings. The van der Waals surface area contributed by atoms with Crippen molar-refractivity contribution in [1.29, 1.82) is 0 Å². The zero-order valence-electron chi connectivity index (χ0n) is 13.3. The first-order valence-electron chi connectivity index (χ1n) is 7.45. The summed E-state index contributed by atoms with van der Waals surface area (Å²) in [5, 5.41) is 2.03. The molecule has 1 heterocycles. The van der Waals surface area contributed by atoms with Gasteiger partial charge < -0.3 is 9.30 Å². The number of rotatable bonds is 5. The van der Waals surface area contributed by atoms with Crippen LogP contribution in [0.3, 0.4) is 0 Å². The zero-order chi connectivity index (χ0) is 16.9. The van der Waals surface area contributed by atoms with E-state index in [0.717, 1.165) is 27.5 Å². The maximum absolute atomic E-state index is 13.2. The molecule has 0 aliphatic heterocycles. The number of benzene rings is 2. The summed E-state index contributed by atoms with van der Waals surface area (Å²) in [7, 11) is 1.64. The summed E-state index contributed by atoms with van der Waals surface area (Å²) in [5.74, 6) is 0.554. The van der Waals surface area contributed by atoms with Gasteiger partial charge in [-0.25, -0.2) is 9.38 Å². The lowest BCUT2D eigenvalue weighted by molar-refractivity contribution is 0.415. The van der Waals surface area contributed by atoms with Gasteiger partial charge in [0.05, 0.1) is 18.5 Å². The second-order valence-corrected chi connectivity index (χ2v) is 5.96. The summed E-state index contributed by atoms with van der Waals surface area (Å²) >= 11 is 1.54. The Morgan fingerprint density at radius 2 is 1.88 bits per heavy atom. The molecular weight excluding hydrogens is 323 g/mol. The lowest BCUT2D eigenvalue weighted by Crippen LogP contribution is -2.14. The van der Waals surface area contributed by atoms with Crippen molar-refractivity contribution < 1.29 is 9.13 Å². The fraction of sp³-hybridized carbons (Fsp3) is 0.105. The van der Waals surface area contributed by atoms with Crippen LogP contribution in [0, 0.1) is 5.82 Å². The standard InChI is InChI=1S/C19H17FN2OS/c1-3-12-22-18(14-4-6-15(20)7-5-14)13-24-19(22)21-16-8-10-17(23-2)11-9-16/h3-11,13H,1,12H2,2H3. The molecule has 0 radical (unpaired) electrons. The number of ether oxygens (including phenoxy) is 1. The van der Waals surface area contributed by atoms with Crippen molar-refractivity contribution in [3.8, 4) is 17.0 Å². The van der Waals surface area contributed by atoms with Crippen LogP contribution in [-0.4, -0.2) is 11.7 Å². The topological polar surface area (TPSA) is 26.5 Å². The fourth-order valence-electron chi connectivity index (χ4n) is 2.34. The first-order valence-corrected chi connectivity index (χ1v) is 8.33. The molecule has 122 valence electrons. The predicted molar refractivity (Wildman–Crippen MR) is 96.1 cm³/mol. The number of hydrogen-bond donors (Lipinski definition) is 0. The van der Waals surface area contributed by atoms with Crippen LogP contribution in [0.2, 0.25) is 0 Å². The largest absolute Gasteiger partial charge is 0.497 e. The summed E-state index contributed by atoms with van der Waals surface area (Å²) in [5.41, 5.74) is 2.79. The quantitative estimate of drug-likeness (QED) is 0.614. The first-order chi connectivity index (χ1) is 11.7. The van der Waals surface area contributed by atoms with E-state index in [1.165, 1.54) is 12.1 Å². The SMILES string of the molecule is C=CCn1c(-c2ccc(F)cc2)csc1=Nc1ccc(OC)cc1. The van der Waals surface area contributed by atoms with Gasteiger partial charge in [-0.05, 0) is 54.1 Å². The Bertz CT molecular complexity index is 892. The maximum atomic E-state index is 13.2. The number of hydrogen-bond acceptors (Lipinski definition) is 3. The van der Waals surface area contributed by atoms with Crippen molar-refractivity contribution in [3.63, 3.8) is 0 Å². The van der Waals surface area contributed by atoms with Crippen LogP contribution in [0.15, 0.2) is 71.6 Å². The molecule has 0 N–H and O–H groups in total. The molecule has 0 bridgehead atoms. The molecule has 0 fully saturated rings. The van der Waals surface area contributed by atoms with E-state index in [-0.39, 0.29) is 5.82 Å². The van der Waals surface area contributed by atoms with E-state index < -0.39 is 0 Å². The third kappa shape index (κ3) is 3.46. The van der Waals surface area contributed by atoms with Gasteiger partial charge in [0.25, 0.3) is 0 Å². The average molecular weight is 340 g/mol. The van der Waals surface area contributed by atoms with Gasteiger partial charge >= 0.3 is 0 Å². The summed E-state index contributed by atoms with van der Waals surface area (Å²) in [6.07, 6.45) is 1.83. The van der Waals surface area contributed by atoms with Crippen molar-refractivity contribution in [2.45, 2.75) is 6.54 Å². The van der Waals surface area contributed by atoms with Gasteiger partial charge in [-0.2, -0.15) is 0 Å². The van der Waals surface area contributed by atoms with Gasteiger partial charge in [0.2, 0.25) is 0 Å². The Kier molecular flexibility index (Phi) is 4.91. The van der Waals surface area contributed by atoms with Crippen LogP contribution >= 0.6 is 11.3 Å². The average Bonchev–Trinajstić information content (AvgIpc) is 2.99. The number of nitrogens with zero attached hydrogens (tertiary/aromatic N) is 2. The highest BCUT2D eigenvalue weighted by atomic mass is 32.1. The summed E-state index contributed by atoms with van der Waals surface area (Å²) in [6.45, 7) is 4.45. The van der Waals surface area contributed by atoms with E-state index in [1.54, 1.807) is 30.6 Å². The van der Waals surface area contributed by atoms with Crippen molar-refractivity contribution >= 4 is 17.0 Å². The minimum absolute atomic E-state index is 0.243. The summed E-state index contributed by atoms with van der Waals surface area (Å²) < 4.78 is 20.4. The molecule has 24 heavy (non-hydrogen) atoms. The van der Waals surface area contributed by atoms with Crippen LogP contribution in [0.4, 0.5) is 10.1 Å². The molecule has 0 aliphatic carbocycles. The Morgan fingerprint density at radius 3 is 2.50 bits per heavy atom. The Labute approximate surface area is 144 Å². The number of methoxy groups -OCH3 is 1. The normalized spacial score (nSPS) is 11.5. The highest BCUT2D eigenvalue weighted by Crippen LogP contribution is 2.22. The Balaban J connectivity index is 2.06. The van der Waals surface area contributed by atoms with Crippen LogP contribution in [0.1, 0.15) is 0 Å². The number of aromatic nitrogens is 1. The molecule has 2 aromatic carbocycles. The van der Waals surface area contributed by atoms with Crippen LogP contribution in [0.5, 0.6) is 5.75 Å². The highest BCUT2D eigenvalue weighted by Gasteiger charge is 2.07. The number of halogens is 1. The van der Waals surface area contributed by atoms with Gasteiger partial charge in [0, 0.05) is 11.9 Å². The molecule has 3 nitrogen and oxygen atoms in total. The molecule has 5 heteroatoms. The van der Waals surface area contributed by atoms with Gasteiger partial charge in [-0.1, -0.05) is 6.08 Å². The number of allylic oxidation sites excluding steroid dienone is 1. The third-order valence-electron chi connectivity index (χ3n) is 3.55. The lowest BCUT2D eigenvalue weighted by Gasteiger charge is -2.06. The summed E-state index contributed by atoms with van der Waals surface area (Å²) in [4.78, 5) is 5.56. The Hall–Kier alpha value is -2.66. The van der Waals surface area contributed by atoms with E-state index in [2.05, 4.69) is 11.1 Å². The molecule has 0 atom stereocenters. The van der Waals surface area contributed by atoms with E-state index in [0.29, 0.717) is 6.54 Å². The molecule has 0 spiro atoms. The fourth-order valence-corrected chi connectivity index (χ4v) is 3.28. The van der Waals surface area contributed by atoms with Gasteiger partial charge in [-0.15, -0.1) is 17.9 Å². The van der Waals surface area contributed by atoms with Crippen LogP contribution in [-0.2, 0) is 6.54 Å². The van der Waals surface area contributed by atoms with Crippen LogP contribution < -0.4 is 9.54 Å². The van der Waals surface area contributed by atoms with E-state index >= 15 is 0 Å². The molecule has 3 rings (SSSR count). The van der Waals surface area contributed by atoms with E-state index in [9.17, 15) is 4.39 Å². The summed E-state index contributed by atoms with van der Waals surface area (Å²) in [6, 6.07) is 14.1. The molecule has 0 unspecified atom stereocenters. The minimum atomic E-state index is -0.243. The molecule has 1 aromatic heterocycles. The second-order valence-electron chi connectivity index (χ2n) is 5.12. The molecular formula is C19H17FN2OS. The van der Waals surface area contributed by atoms with Crippen molar-refractivity contribution in [1.82, 2.24) is 4.57 Å². The molecule has 0 saturated carbocycles. The minimum Gasteiger partial charge on any atom is -0.497 e. The van der Waals surface area contributed by atoms with Gasteiger partial charge in [0.1, 0.15) is 11.6 Å². The van der Waals surface area contributed by atoms with Crippen LogP contribution in [0.25, 0.3) is 11.3 Å². The maximum Gasteiger partial charge on any atom is 0.190 e. The van der Waals surface area contributed by atoms with Crippen molar-refractivity contribution in [3.05, 3.63) is 77.2 Å². The van der Waals surface area contributed by atoms with Crippen molar-refractivity contribution in [2.75, 3.05) is 7.11 Å². The monoisotopic (exact) mass is 340 g/mol. The first kappa shape index (κ1) is 16.2. The second kappa shape index (κ2) is 7.27. The zero-order valence-corrected chi connectivity index (χ0v) is 14.1. The third-order valence-corrected chi connectivity index (χ3v) is 4.41.